The predicted octanol–water partition coefficient (Wildman–Crippen LogP) is 4.01. The molecule has 1 unspecified atom stereocenters. The van der Waals surface area contributed by atoms with Gasteiger partial charge in [-0.15, -0.1) is 0 Å². The average Bonchev–Trinajstić information content (AvgIpc) is 3.13. The maximum absolute atomic E-state index is 12.8. The third kappa shape index (κ3) is 3.66. The van der Waals surface area contributed by atoms with Gasteiger partial charge in [-0.3, -0.25) is 4.79 Å². The van der Waals surface area contributed by atoms with Crippen molar-refractivity contribution in [3.63, 3.8) is 0 Å². The Morgan fingerprint density at radius 2 is 1.68 bits per heavy atom. The van der Waals surface area contributed by atoms with Gasteiger partial charge in [-0.25, -0.2) is 13.1 Å². The summed E-state index contributed by atoms with van der Waals surface area (Å²) in [4.78, 5) is 13.7. The fourth-order valence-electron chi connectivity index (χ4n) is 3.57. The van der Waals surface area contributed by atoms with Crippen LogP contribution in [0.15, 0.2) is 71.6 Å². The van der Waals surface area contributed by atoms with E-state index in [1.165, 1.54) is 0 Å². The van der Waals surface area contributed by atoms with Crippen molar-refractivity contribution in [3.05, 3.63) is 72.3 Å². The number of sulfonamides is 1. The van der Waals surface area contributed by atoms with E-state index >= 15 is 0 Å². The maximum atomic E-state index is 12.8. The van der Waals surface area contributed by atoms with E-state index in [0.717, 1.165) is 28.4 Å². The summed E-state index contributed by atoms with van der Waals surface area (Å²) in [7, 11) is -3.67. The van der Waals surface area contributed by atoms with E-state index in [4.69, 9.17) is 0 Å². The van der Waals surface area contributed by atoms with Crippen LogP contribution >= 0.6 is 0 Å². The summed E-state index contributed by atoms with van der Waals surface area (Å²) in [5, 5.41) is 2.19. The van der Waals surface area contributed by atoms with Crippen LogP contribution in [0.3, 0.4) is 0 Å². The van der Waals surface area contributed by atoms with Gasteiger partial charge in [0.05, 0.1) is 4.90 Å². The Labute approximate surface area is 165 Å². The molecule has 5 nitrogen and oxygen atoms in total. The minimum absolute atomic E-state index is 0.0821. The van der Waals surface area contributed by atoms with E-state index in [-0.39, 0.29) is 16.8 Å². The Balaban J connectivity index is 1.53. The Hall–Kier alpha value is -2.70. The van der Waals surface area contributed by atoms with Crippen molar-refractivity contribution in [3.8, 4) is 0 Å². The van der Waals surface area contributed by atoms with Crippen molar-refractivity contribution in [2.75, 3.05) is 11.4 Å². The van der Waals surface area contributed by atoms with Crippen molar-refractivity contribution < 1.29 is 13.2 Å². The molecule has 1 N–H and O–H groups in total. The summed E-state index contributed by atoms with van der Waals surface area (Å²) in [6, 6.07) is 20.1. The molecule has 0 saturated carbocycles. The third-order valence-electron chi connectivity index (χ3n) is 5.14. The molecule has 1 atom stereocenters. The first-order chi connectivity index (χ1) is 13.4. The molecule has 0 aliphatic carbocycles. The van der Waals surface area contributed by atoms with Crippen LogP contribution in [0, 0.1) is 0 Å². The highest BCUT2D eigenvalue weighted by Crippen LogP contribution is 2.25. The molecule has 6 heteroatoms. The van der Waals surface area contributed by atoms with Crippen molar-refractivity contribution in [1.82, 2.24) is 4.72 Å². The first-order valence-corrected chi connectivity index (χ1v) is 10.8. The van der Waals surface area contributed by atoms with E-state index in [1.54, 1.807) is 29.2 Å². The van der Waals surface area contributed by atoms with E-state index in [2.05, 4.69) is 4.72 Å². The standard InChI is InChI=1S/C22H22N2O3S/c1-16(18-9-8-17-5-2-3-6-19(17)15-18)23-28(26,27)21-12-10-20(11-13-21)24-14-4-7-22(24)25/h2-3,5-6,8-13,15-16,23H,4,7,14H2,1H3. The van der Waals surface area contributed by atoms with Gasteiger partial charge < -0.3 is 4.90 Å². The average molecular weight is 394 g/mol. The lowest BCUT2D eigenvalue weighted by molar-refractivity contribution is -0.117. The molecule has 1 heterocycles. The predicted molar refractivity (Wildman–Crippen MR) is 111 cm³/mol. The number of benzene rings is 3. The number of nitrogens with one attached hydrogen (secondary N) is 1. The molecular formula is C22H22N2O3S. The third-order valence-corrected chi connectivity index (χ3v) is 6.69. The number of hydrogen-bond acceptors (Lipinski definition) is 3. The van der Waals surface area contributed by atoms with Crippen molar-refractivity contribution in [2.24, 2.45) is 0 Å². The highest BCUT2D eigenvalue weighted by atomic mass is 32.2. The van der Waals surface area contributed by atoms with Gasteiger partial charge in [-0.2, -0.15) is 0 Å². The first-order valence-electron chi connectivity index (χ1n) is 9.35. The van der Waals surface area contributed by atoms with Gasteiger partial charge in [0.25, 0.3) is 0 Å². The van der Waals surface area contributed by atoms with Crippen LogP contribution in [0.25, 0.3) is 10.8 Å². The van der Waals surface area contributed by atoms with E-state index in [0.29, 0.717) is 13.0 Å². The summed E-state index contributed by atoms with van der Waals surface area (Å²) >= 11 is 0. The number of hydrogen-bond donors (Lipinski definition) is 1. The Bertz CT molecular complexity index is 1120. The van der Waals surface area contributed by atoms with Crippen LogP contribution < -0.4 is 9.62 Å². The number of carbonyl (C=O) groups is 1. The summed E-state index contributed by atoms with van der Waals surface area (Å²) in [5.74, 6) is 0.0821. The number of rotatable bonds is 5. The second-order valence-corrected chi connectivity index (χ2v) is 8.81. The Morgan fingerprint density at radius 1 is 0.964 bits per heavy atom. The first kappa shape index (κ1) is 18.7. The lowest BCUT2D eigenvalue weighted by Gasteiger charge is -2.18. The van der Waals surface area contributed by atoms with Gasteiger partial charge in [0, 0.05) is 24.7 Å². The highest BCUT2D eigenvalue weighted by Gasteiger charge is 2.23. The summed E-state index contributed by atoms with van der Waals surface area (Å²) in [6.45, 7) is 2.51. The number of nitrogens with zero attached hydrogens (tertiary/aromatic N) is 1. The molecule has 3 aromatic carbocycles. The molecule has 1 aliphatic heterocycles. The maximum Gasteiger partial charge on any atom is 0.241 e. The molecule has 1 saturated heterocycles. The fourth-order valence-corrected chi connectivity index (χ4v) is 4.80. The molecule has 28 heavy (non-hydrogen) atoms. The Kier molecular flexibility index (Phi) is 4.91. The van der Waals surface area contributed by atoms with Gasteiger partial charge in [0.15, 0.2) is 0 Å². The summed E-state index contributed by atoms with van der Waals surface area (Å²) in [6.07, 6.45) is 1.38. The van der Waals surface area contributed by atoms with Crippen LogP contribution in [0.1, 0.15) is 31.4 Å². The van der Waals surface area contributed by atoms with Crippen LogP contribution in [0.5, 0.6) is 0 Å². The minimum atomic E-state index is -3.67. The van der Waals surface area contributed by atoms with Crippen molar-refractivity contribution >= 4 is 32.4 Å². The van der Waals surface area contributed by atoms with E-state index in [9.17, 15) is 13.2 Å². The fraction of sp³-hybridized carbons (Fsp3) is 0.227. The zero-order valence-electron chi connectivity index (χ0n) is 15.6. The Morgan fingerprint density at radius 3 is 2.36 bits per heavy atom. The van der Waals surface area contributed by atoms with Crippen LogP contribution in [-0.4, -0.2) is 20.9 Å². The van der Waals surface area contributed by atoms with E-state index in [1.807, 2.05) is 49.4 Å². The van der Waals surface area contributed by atoms with Crippen LogP contribution in [0.2, 0.25) is 0 Å². The molecule has 1 aliphatic rings. The van der Waals surface area contributed by atoms with Gasteiger partial charge in [0.1, 0.15) is 0 Å². The van der Waals surface area contributed by atoms with Gasteiger partial charge >= 0.3 is 0 Å². The smallest absolute Gasteiger partial charge is 0.241 e. The lowest BCUT2D eigenvalue weighted by atomic mass is 10.0. The lowest BCUT2D eigenvalue weighted by Crippen LogP contribution is -2.27. The van der Waals surface area contributed by atoms with Gasteiger partial charge in [-0.05, 0) is 60.0 Å². The molecule has 144 valence electrons. The molecule has 4 rings (SSSR count). The number of carbonyl (C=O) groups excluding carboxylic acids is 1. The summed E-state index contributed by atoms with van der Waals surface area (Å²) in [5.41, 5.74) is 1.64. The normalized spacial score (nSPS) is 15.9. The topological polar surface area (TPSA) is 66.5 Å². The molecule has 0 radical (unpaired) electrons. The van der Waals surface area contributed by atoms with Crippen molar-refractivity contribution in [2.45, 2.75) is 30.7 Å². The monoisotopic (exact) mass is 394 g/mol. The molecule has 3 aromatic rings. The minimum Gasteiger partial charge on any atom is -0.312 e. The number of anilines is 1. The second kappa shape index (κ2) is 7.37. The number of fused-ring (bicyclic) bond motifs is 1. The van der Waals surface area contributed by atoms with Crippen molar-refractivity contribution in [1.29, 1.82) is 0 Å². The molecule has 1 amide bonds. The van der Waals surface area contributed by atoms with Crippen LogP contribution in [0.4, 0.5) is 5.69 Å². The highest BCUT2D eigenvalue weighted by molar-refractivity contribution is 7.89. The molecule has 0 spiro atoms. The molecular weight excluding hydrogens is 372 g/mol. The zero-order chi connectivity index (χ0) is 19.7. The molecule has 0 aromatic heterocycles. The largest absolute Gasteiger partial charge is 0.312 e. The van der Waals surface area contributed by atoms with Gasteiger partial charge in [0.2, 0.25) is 15.9 Å². The second-order valence-electron chi connectivity index (χ2n) is 7.09. The SMILES string of the molecule is CC(NS(=O)(=O)c1ccc(N2CCCC2=O)cc1)c1ccc2ccccc2c1. The van der Waals surface area contributed by atoms with Crippen LogP contribution in [-0.2, 0) is 14.8 Å². The number of amides is 1. The van der Waals surface area contributed by atoms with E-state index < -0.39 is 10.0 Å². The quantitative estimate of drug-likeness (QED) is 0.711. The summed E-state index contributed by atoms with van der Waals surface area (Å²) < 4.78 is 28.3. The van der Waals surface area contributed by atoms with Gasteiger partial charge in [-0.1, -0.05) is 36.4 Å². The molecule has 1 fully saturated rings. The zero-order valence-corrected chi connectivity index (χ0v) is 16.4. The molecule has 0 bridgehead atoms.